The summed E-state index contributed by atoms with van der Waals surface area (Å²) in [6, 6.07) is 0. The Kier molecular flexibility index (Phi) is 10.8. The third-order valence-corrected chi connectivity index (χ3v) is 4.04. The fourth-order valence-corrected chi connectivity index (χ4v) is 2.99. The van der Waals surface area contributed by atoms with Crippen LogP contribution in [0.4, 0.5) is 0 Å². The molecule has 0 aromatic rings. The van der Waals surface area contributed by atoms with E-state index in [0.717, 1.165) is 6.54 Å². The van der Waals surface area contributed by atoms with Gasteiger partial charge >= 0.3 is 0 Å². The lowest BCUT2D eigenvalue weighted by atomic mass is 9.86. The molecule has 2 nitrogen and oxygen atoms in total. The molecule has 0 atom stereocenters. The molecule has 0 aliphatic rings. The lowest BCUT2D eigenvalue weighted by molar-refractivity contribution is 0.0709. The molecule has 0 fully saturated rings. The average Bonchev–Trinajstić information content (AvgIpc) is 2.38. The van der Waals surface area contributed by atoms with Crippen molar-refractivity contribution in [3.05, 3.63) is 0 Å². The lowest BCUT2D eigenvalue weighted by Crippen LogP contribution is -2.54. The van der Waals surface area contributed by atoms with Crippen LogP contribution in [0.3, 0.4) is 0 Å². The van der Waals surface area contributed by atoms with Gasteiger partial charge in [0.2, 0.25) is 0 Å². The molecule has 0 unspecified atom stereocenters. The summed E-state index contributed by atoms with van der Waals surface area (Å²) >= 11 is 0. The smallest absolute Gasteiger partial charge is 0.0331 e. The van der Waals surface area contributed by atoms with Crippen LogP contribution >= 0.6 is 0 Å². The first-order chi connectivity index (χ1) is 8.70. The number of nitrogens with two attached hydrogens (primary N) is 1. The van der Waals surface area contributed by atoms with E-state index < -0.39 is 0 Å². The second-order valence-corrected chi connectivity index (χ2v) is 5.62. The Morgan fingerprint density at radius 3 is 1.50 bits per heavy atom. The quantitative estimate of drug-likeness (QED) is 0.567. The Balaban J connectivity index is 4.77. The molecule has 0 heterocycles. The maximum atomic E-state index is 6.18. The molecule has 0 bridgehead atoms. The third-order valence-electron chi connectivity index (χ3n) is 4.04. The van der Waals surface area contributed by atoms with E-state index in [9.17, 15) is 0 Å². The lowest BCUT2D eigenvalue weighted by Gasteiger charge is -2.44. The fraction of sp³-hybridized carbons (Fsp3) is 1.00. The van der Waals surface area contributed by atoms with Crippen LogP contribution in [0, 0.1) is 0 Å². The Labute approximate surface area is 115 Å². The predicted octanol–water partition coefficient (Wildman–Crippen LogP) is 4.19. The zero-order chi connectivity index (χ0) is 13.9. The molecule has 0 rings (SSSR count). The number of unbranched alkanes of at least 4 members (excludes halogenated alkanes) is 2. The molecule has 0 aliphatic carbocycles. The Morgan fingerprint density at radius 1 is 0.778 bits per heavy atom. The first kappa shape index (κ1) is 17.9. The number of rotatable bonds is 12. The van der Waals surface area contributed by atoms with E-state index in [1.54, 1.807) is 0 Å². The van der Waals surface area contributed by atoms with Crippen molar-refractivity contribution in [1.29, 1.82) is 0 Å². The zero-order valence-electron chi connectivity index (χ0n) is 13.3. The van der Waals surface area contributed by atoms with Crippen molar-refractivity contribution >= 4 is 0 Å². The molecule has 110 valence electrons. The van der Waals surface area contributed by atoms with Crippen LogP contribution in [-0.2, 0) is 0 Å². The maximum absolute atomic E-state index is 6.18. The zero-order valence-corrected chi connectivity index (χ0v) is 13.3. The van der Waals surface area contributed by atoms with Crippen molar-refractivity contribution in [2.75, 3.05) is 19.6 Å². The molecular weight excluding hydrogens is 220 g/mol. The van der Waals surface area contributed by atoms with Crippen LogP contribution < -0.4 is 5.73 Å². The SMILES string of the molecule is CCCCN(CCCC)C(CN)(CCC)CCC. The molecule has 2 heteroatoms. The van der Waals surface area contributed by atoms with Gasteiger partial charge in [-0.05, 0) is 38.8 Å². The molecule has 0 saturated heterocycles. The highest BCUT2D eigenvalue weighted by atomic mass is 15.2. The maximum Gasteiger partial charge on any atom is 0.0331 e. The monoisotopic (exact) mass is 256 g/mol. The summed E-state index contributed by atoms with van der Waals surface area (Å²) in [6.45, 7) is 12.4. The van der Waals surface area contributed by atoms with Crippen LogP contribution in [0.15, 0.2) is 0 Å². The van der Waals surface area contributed by atoms with Crippen LogP contribution in [0.5, 0.6) is 0 Å². The summed E-state index contributed by atoms with van der Waals surface area (Å²) in [5, 5.41) is 0. The van der Waals surface area contributed by atoms with E-state index >= 15 is 0 Å². The highest BCUT2D eigenvalue weighted by molar-refractivity contribution is 4.91. The molecule has 0 saturated carbocycles. The van der Waals surface area contributed by atoms with Crippen LogP contribution in [0.25, 0.3) is 0 Å². The van der Waals surface area contributed by atoms with Gasteiger partial charge in [0.25, 0.3) is 0 Å². The van der Waals surface area contributed by atoms with Gasteiger partial charge < -0.3 is 5.73 Å². The molecule has 0 aliphatic heterocycles. The minimum absolute atomic E-state index is 0.272. The van der Waals surface area contributed by atoms with E-state index in [0.29, 0.717) is 0 Å². The standard InChI is InChI=1S/C16H36N2/c1-5-9-13-18(14-10-6-2)16(15-17,11-7-3)12-8-4/h5-15,17H2,1-4H3. The second kappa shape index (κ2) is 10.8. The summed E-state index contributed by atoms with van der Waals surface area (Å²) in [4.78, 5) is 2.72. The van der Waals surface area contributed by atoms with Gasteiger partial charge in [-0.15, -0.1) is 0 Å². The summed E-state index contributed by atoms with van der Waals surface area (Å²) in [6.07, 6.45) is 10.2. The Morgan fingerprint density at radius 2 is 1.22 bits per heavy atom. The van der Waals surface area contributed by atoms with Crippen molar-refractivity contribution in [1.82, 2.24) is 4.90 Å². The molecule has 0 aromatic heterocycles. The first-order valence-corrected chi connectivity index (χ1v) is 8.15. The molecule has 0 amide bonds. The largest absolute Gasteiger partial charge is 0.329 e. The number of hydrogen-bond donors (Lipinski definition) is 1. The van der Waals surface area contributed by atoms with Gasteiger partial charge in [0, 0.05) is 12.1 Å². The van der Waals surface area contributed by atoms with E-state index in [-0.39, 0.29) is 5.54 Å². The molecule has 2 N–H and O–H groups in total. The van der Waals surface area contributed by atoms with Gasteiger partial charge in [-0.25, -0.2) is 0 Å². The van der Waals surface area contributed by atoms with E-state index in [1.165, 1.54) is 64.5 Å². The van der Waals surface area contributed by atoms with Crippen LogP contribution in [0.2, 0.25) is 0 Å². The van der Waals surface area contributed by atoms with Gasteiger partial charge in [0.15, 0.2) is 0 Å². The van der Waals surface area contributed by atoms with Crippen LogP contribution in [0.1, 0.15) is 79.1 Å². The highest BCUT2D eigenvalue weighted by Gasteiger charge is 2.32. The van der Waals surface area contributed by atoms with Crippen molar-refractivity contribution in [3.8, 4) is 0 Å². The number of hydrogen-bond acceptors (Lipinski definition) is 2. The van der Waals surface area contributed by atoms with E-state index in [1.807, 2.05) is 0 Å². The van der Waals surface area contributed by atoms with Crippen molar-refractivity contribution < 1.29 is 0 Å². The molecule has 18 heavy (non-hydrogen) atoms. The van der Waals surface area contributed by atoms with Crippen molar-refractivity contribution in [2.45, 2.75) is 84.6 Å². The summed E-state index contributed by atoms with van der Waals surface area (Å²) in [5.74, 6) is 0. The van der Waals surface area contributed by atoms with Gasteiger partial charge in [0.1, 0.15) is 0 Å². The fourth-order valence-electron chi connectivity index (χ4n) is 2.99. The third kappa shape index (κ3) is 5.71. The number of nitrogens with zero attached hydrogens (tertiary/aromatic N) is 1. The average molecular weight is 256 g/mol. The molecular formula is C16H36N2. The van der Waals surface area contributed by atoms with E-state index in [4.69, 9.17) is 5.73 Å². The van der Waals surface area contributed by atoms with Gasteiger partial charge in [0.05, 0.1) is 0 Å². The second-order valence-electron chi connectivity index (χ2n) is 5.62. The van der Waals surface area contributed by atoms with Crippen LogP contribution in [-0.4, -0.2) is 30.1 Å². The summed E-state index contributed by atoms with van der Waals surface area (Å²) < 4.78 is 0. The van der Waals surface area contributed by atoms with Crippen molar-refractivity contribution in [2.24, 2.45) is 5.73 Å². The molecule has 0 spiro atoms. The minimum atomic E-state index is 0.272. The Bertz CT molecular complexity index is 166. The summed E-state index contributed by atoms with van der Waals surface area (Å²) in [5.41, 5.74) is 6.45. The van der Waals surface area contributed by atoms with Crippen molar-refractivity contribution in [3.63, 3.8) is 0 Å². The topological polar surface area (TPSA) is 29.3 Å². The highest BCUT2D eigenvalue weighted by Crippen LogP contribution is 2.27. The minimum Gasteiger partial charge on any atom is -0.329 e. The van der Waals surface area contributed by atoms with Gasteiger partial charge in [-0.2, -0.15) is 0 Å². The molecule has 0 aromatic carbocycles. The first-order valence-electron chi connectivity index (χ1n) is 8.15. The van der Waals surface area contributed by atoms with Gasteiger partial charge in [-0.1, -0.05) is 53.4 Å². The molecule has 0 radical (unpaired) electrons. The Hall–Kier alpha value is -0.0800. The normalized spacial score (nSPS) is 12.3. The van der Waals surface area contributed by atoms with Gasteiger partial charge in [-0.3, -0.25) is 4.90 Å². The predicted molar refractivity (Wildman–Crippen MR) is 83.0 cm³/mol. The van der Waals surface area contributed by atoms with E-state index in [2.05, 4.69) is 32.6 Å². The summed E-state index contributed by atoms with van der Waals surface area (Å²) in [7, 11) is 0.